The number of sulfonamides is 1. The Hall–Kier alpha value is -1.25. The number of aliphatic hydroxyl groups is 1. The van der Waals surface area contributed by atoms with Gasteiger partial charge in [0.25, 0.3) is 0 Å². The van der Waals surface area contributed by atoms with Crippen LogP contribution in [0.1, 0.15) is 6.92 Å². The third-order valence-corrected chi connectivity index (χ3v) is 3.62. The van der Waals surface area contributed by atoms with Gasteiger partial charge in [0.15, 0.2) is 5.82 Å². The highest BCUT2D eigenvalue weighted by Crippen LogP contribution is 2.22. The number of hydrogen-bond acceptors (Lipinski definition) is 4. The molecule has 0 aromatic heterocycles. The molecule has 0 fully saturated rings. The molecule has 0 saturated heterocycles. The molecule has 0 aliphatic heterocycles. The average molecular weight is 266 g/mol. The lowest BCUT2D eigenvalue weighted by atomic mass is 10.3. The van der Waals surface area contributed by atoms with E-state index >= 15 is 0 Å². The summed E-state index contributed by atoms with van der Waals surface area (Å²) in [6.45, 7) is 0.944. The summed E-state index contributed by atoms with van der Waals surface area (Å²) >= 11 is 0. The molecule has 1 atom stereocenters. The van der Waals surface area contributed by atoms with Gasteiger partial charge in [-0.05, 0) is 19.1 Å². The molecule has 0 unspecified atom stereocenters. The van der Waals surface area contributed by atoms with E-state index in [0.29, 0.717) is 0 Å². The standard InChI is InChI=1S/C9H12F2N2O3S/c1-5(4-14)13-17(15,16)7-3-2-6(10)9(12)8(7)11/h2-3,5,13-14H,4,12H2,1H3/t5-/m0/s1. The number of hydrogen-bond donors (Lipinski definition) is 3. The van der Waals surface area contributed by atoms with Crippen LogP contribution in [0.25, 0.3) is 0 Å². The molecule has 0 heterocycles. The first-order valence-electron chi connectivity index (χ1n) is 4.66. The van der Waals surface area contributed by atoms with Gasteiger partial charge < -0.3 is 10.8 Å². The van der Waals surface area contributed by atoms with Gasteiger partial charge in [-0.15, -0.1) is 0 Å². The lowest BCUT2D eigenvalue weighted by Crippen LogP contribution is -2.35. The summed E-state index contributed by atoms with van der Waals surface area (Å²) in [6.07, 6.45) is 0. The molecule has 4 N–H and O–H groups in total. The quantitative estimate of drug-likeness (QED) is 0.679. The first-order valence-corrected chi connectivity index (χ1v) is 6.14. The third kappa shape index (κ3) is 2.90. The van der Waals surface area contributed by atoms with Crippen LogP contribution in [0.3, 0.4) is 0 Å². The maximum absolute atomic E-state index is 13.5. The summed E-state index contributed by atoms with van der Waals surface area (Å²) in [4.78, 5) is -0.753. The molecule has 17 heavy (non-hydrogen) atoms. The minimum Gasteiger partial charge on any atom is -0.395 e. The summed E-state index contributed by atoms with van der Waals surface area (Å²) in [5, 5.41) is 8.71. The Bertz CT molecular complexity index is 519. The number of halogens is 2. The lowest BCUT2D eigenvalue weighted by Gasteiger charge is -2.12. The van der Waals surface area contributed by atoms with Crippen molar-refractivity contribution in [3.8, 4) is 0 Å². The predicted molar refractivity (Wildman–Crippen MR) is 57.6 cm³/mol. The molecule has 1 rings (SSSR count). The maximum Gasteiger partial charge on any atom is 0.243 e. The van der Waals surface area contributed by atoms with Crippen LogP contribution in [0.4, 0.5) is 14.5 Å². The maximum atomic E-state index is 13.5. The van der Waals surface area contributed by atoms with Gasteiger partial charge in [-0.3, -0.25) is 0 Å². The van der Waals surface area contributed by atoms with Gasteiger partial charge in [0.05, 0.1) is 6.61 Å². The topological polar surface area (TPSA) is 92.4 Å². The van der Waals surface area contributed by atoms with E-state index in [1.807, 2.05) is 4.72 Å². The Labute approximate surface area is 97.3 Å². The van der Waals surface area contributed by atoms with Gasteiger partial charge in [-0.2, -0.15) is 0 Å². The Kier molecular flexibility index (Phi) is 4.02. The monoisotopic (exact) mass is 266 g/mol. The molecule has 5 nitrogen and oxygen atoms in total. The zero-order valence-corrected chi connectivity index (χ0v) is 9.76. The molecular formula is C9H12F2N2O3S. The van der Waals surface area contributed by atoms with Crippen LogP contribution < -0.4 is 10.5 Å². The van der Waals surface area contributed by atoms with Gasteiger partial charge in [0, 0.05) is 6.04 Å². The van der Waals surface area contributed by atoms with Crippen LogP contribution in [0, 0.1) is 11.6 Å². The van der Waals surface area contributed by atoms with E-state index in [4.69, 9.17) is 10.8 Å². The van der Waals surface area contributed by atoms with Crippen LogP contribution >= 0.6 is 0 Å². The molecule has 0 spiro atoms. The van der Waals surface area contributed by atoms with Crippen molar-refractivity contribution in [2.45, 2.75) is 17.9 Å². The molecule has 96 valence electrons. The van der Waals surface area contributed by atoms with E-state index in [0.717, 1.165) is 12.1 Å². The number of nitrogen functional groups attached to an aromatic ring is 1. The van der Waals surface area contributed by atoms with Crippen LogP contribution in [0.5, 0.6) is 0 Å². The SMILES string of the molecule is C[C@@H](CO)NS(=O)(=O)c1ccc(F)c(N)c1F. The molecule has 8 heteroatoms. The number of nitrogens with two attached hydrogens (primary N) is 1. The number of aliphatic hydroxyl groups excluding tert-OH is 1. The Balaban J connectivity index is 3.21. The molecule has 0 amide bonds. The number of anilines is 1. The van der Waals surface area contributed by atoms with Gasteiger partial charge in [0.2, 0.25) is 10.0 Å². The Morgan fingerprint density at radius 3 is 2.59 bits per heavy atom. The predicted octanol–water partition coefficient (Wildman–Crippen LogP) is 0.206. The average Bonchev–Trinajstić information content (AvgIpc) is 2.24. The summed E-state index contributed by atoms with van der Waals surface area (Å²) in [6, 6.07) is 0.745. The second kappa shape index (κ2) is 4.94. The van der Waals surface area contributed by atoms with Crippen molar-refractivity contribution in [3.05, 3.63) is 23.8 Å². The lowest BCUT2D eigenvalue weighted by molar-refractivity contribution is 0.265. The highest BCUT2D eigenvalue weighted by molar-refractivity contribution is 7.89. The van der Waals surface area contributed by atoms with Crippen LogP contribution in [-0.2, 0) is 10.0 Å². The van der Waals surface area contributed by atoms with E-state index < -0.39 is 44.9 Å². The van der Waals surface area contributed by atoms with Crippen LogP contribution in [0.15, 0.2) is 17.0 Å². The van der Waals surface area contributed by atoms with E-state index in [9.17, 15) is 17.2 Å². The van der Waals surface area contributed by atoms with Crippen LogP contribution in [-0.4, -0.2) is 26.2 Å². The summed E-state index contributed by atoms with van der Waals surface area (Å²) in [5.74, 6) is -2.38. The second-order valence-electron chi connectivity index (χ2n) is 3.48. The Morgan fingerprint density at radius 1 is 1.47 bits per heavy atom. The van der Waals surface area contributed by atoms with Crippen LogP contribution in [0.2, 0.25) is 0 Å². The van der Waals surface area contributed by atoms with Gasteiger partial charge in [0.1, 0.15) is 16.4 Å². The minimum atomic E-state index is -4.17. The number of rotatable bonds is 4. The van der Waals surface area contributed by atoms with Crippen molar-refractivity contribution >= 4 is 15.7 Å². The molecule has 1 aromatic rings. The highest BCUT2D eigenvalue weighted by atomic mass is 32.2. The highest BCUT2D eigenvalue weighted by Gasteiger charge is 2.23. The summed E-state index contributed by atoms with van der Waals surface area (Å²) in [7, 11) is -4.17. The van der Waals surface area contributed by atoms with Crippen molar-refractivity contribution in [1.29, 1.82) is 0 Å². The number of nitrogens with one attached hydrogen (secondary N) is 1. The first-order chi connectivity index (χ1) is 7.79. The molecule has 0 saturated carbocycles. The van der Waals surface area contributed by atoms with Crippen molar-refractivity contribution in [1.82, 2.24) is 4.72 Å². The van der Waals surface area contributed by atoms with Gasteiger partial charge >= 0.3 is 0 Å². The molecule has 1 aromatic carbocycles. The van der Waals surface area contributed by atoms with Crippen molar-refractivity contribution in [2.24, 2.45) is 0 Å². The first kappa shape index (κ1) is 13.8. The molecular weight excluding hydrogens is 254 g/mol. The van der Waals surface area contributed by atoms with E-state index in [-0.39, 0.29) is 0 Å². The normalized spacial score (nSPS) is 13.6. The van der Waals surface area contributed by atoms with Crippen molar-refractivity contribution < 1.29 is 22.3 Å². The summed E-state index contributed by atoms with van der Waals surface area (Å²) < 4.78 is 51.6. The molecule has 0 aliphatic rings. The second-order valence-corrected chi connectivity index (χ2v) is 5.16. The third-order valence-electron chi connectivity index (χ3n) is 2.01. The van der Waals surface area contributed by atoms with Crippen molar-refractivity contribution in [3.63, 3.8) is 0 Å². The fraction of sp³-hybridized carbons (Fsp3) is 0.333. The smallest absolute Gasteiger partial charge is 0.243 e. The minimum absolute atomic E-state index is 0.447. The molecule has 0 bridgehead atoms. The fourth-order valence-electron chi connectivity index (χ4n) is 1.12. The Morgan fingerprint density at radius 2 is 2.06 bits per heavy atom. The largest absolute Gasteiger partial charge is 0.395 e. The summed E-state index contributed by atoms with van der Waals surface area (Å²) in [5.41, 5.74) is 4.19. The van der Waals surface area contributed by atoms with Gasteiger partial charge in [-0.25, -0.2) is 21.9 Å². The number of benzene rings is 1. The molecule has 0 aliphatic carbocycles. The fourth-order valence-corrected chi connectivity index (χ4v) is 2.45. The van der Waals surface area contributed by atoms with E-state index in [1.54, 1.807) is 0 Å². The van der Waals surface area contributed by atoms with Crippen molar-refractivity contribution in [2.75, 3.05) is 12.3 Å². The zero-order valence-electron chi connectivity index (χ0n) is 8.94. The molecule has 0 radical (unpaired) electrons. The van der Waals surface area contributed by atoms with Gasteiger partial charge in [-0.1, -0.05) is 0 Å². The van der Waals surface area contributed by atoms with E-state index in [2.05, 4.69) is 0 Å². The van der Waals surface area contributed by atoms with E-state index in [1.165, 1.54) is 6.92 Å². The zero-order chi connectivity index (χ0) is 13.2.